The normalized spacial score (nSPS) is 16.1. The molecule has 1 aliphatic heterocycles. The van der Waals surface area contributed by atoms with E-state index < -0.39 is 23.9 Å². The van der Waals surface area contributed by atoms with Crippen molar-refractivity contribution in [3.05, 3.63) is 70.0 Å². The number of aromatic nitrogens is 4. The van der Waals surface area contributed by atoms with Crippen LogP contribution in [0.25, 0.3) is 5.65 Å². The number of nitriles is 2. The molecule has 0 spiro atoms. The maximum Gasteiger partial charge on any atom is 0.276 e. The highest BCUT2D eigenvalue weighted by Crippen LogP contribution is 2.42. The molecule has 16 heteroatoms. The van der Waals surface area contributed by atoms with Gasteiger partial charge in [-0.25, -0.2) is 13.8 Å². The van der Waals surface area contributed by atoms with Crippen LogP contribution >= 0.6 is 11.6 Å². The van der Waals surface area contributed by atoms with Gasteiger partial charge in [0.05, 0.1) is 41.7 Å². The van der Waals surface area contributed by atoms with Crippen molar-refractivity contribution in [2.75, 3.05) is 50.6 Å². The Hall–Kier alpha value is -5.09. The molecule has 1 atom stereocenters. The SMILES string of the molecule is COc1ccc(CN(c2nc(Nc3cc(C#N)cc(C(F)(F)CCN(C)C(=O)C4CNCCN4)c3Cl)nn3c(C#N)cnc23)C2CC2)cc1. The number of ether oxygens (including phenoxy) is 1. The molecule has 2 aromatic heterocycles. The van der Waals surface area contributed by atoms with Crippen LogP contribution in [-0.4, -0.2) is 82.8 Å². The lowest BCUT2D eigenvalue weighted by Crippen LogP contribution is -2.56. The van der Waals surface area contributed by atoms with E-state index in [-0.39, 0.29) is 46.4 Å². The number of piperazine rings is 1. The number of amides is 1. The number of likely N-dealkylation sites (N-methyl/N-ethyl adjacent to an activating group) is 1. The number of carbonyl (C=O) groups excluding carboxylic acids is 1. The third-order valence-electron chi connectivity index (χ3n) is 8.55. The van der Waals surface area contributed by atoms with Gasteiger partial charge < -0.3 is 30.5 Å². The minimum atomic E-state index is -3.50. The van der Waals surface area contributed by atoms with Crippen molar-refractivity contribution in [2.24, 2.45) is 0 Å². The molecule has 1 amide bonds. The summed E-state index contributed by atoms with van der Waals surface area (Å²) in [5.41, 5.74) is 0.823. The number of methoxy groups -OCH3 is 1. The number of carbonyl (C=O) groups is 1. The number of hydrogen-bond donors (Lipinski definition) is 3. The van der Waals surface area contributed by atoms with Gasteiger partial charge in [0.25, 0.3) is 5.92 Å². The number of nitrogens with one attached hydrogen (secondary N) is 3. The molecule has 2 fully saturated rings. The number of anilines is 3. The lowest BCUT2D eigenvalue weighted by Gasteiger charge is -2.29. The zero-order valence-electron chi connectivity index (χ0n) is 26.9. The highest BCUT2D eigenvalue weighted by molar-refractivity contribution is 6.34. The first kappa shape index (κ1) is 33.8. The summed E-state index contributed by atoms with van der Waals surface area (Å²) >= 11 is 6.62. The zero-order chi connectivity index (χ0) is 34.7. The van der Waals surface area contributed by atoms with Crippen LogP contribution in [0.5, 0.6) is 5.75 Å². The molecule has 1 saturated carbocycles. The molecule has 3 heterocycles. The van der Waals surface area contributed by atoms with Gasteiger partial charge in [0.1, 0.15) is 11.8 Å². The number of fused-ring (bicyclic) bond motifs is 1. The lowest BCUT2D eigenvalue weighted by molar-refractivity contribution is -0.133. The molecule has 2 aliphatic rings. The van der Waals surface area contributed by atoms with Gasteiger partial charge in [0.2, 0.25) is 11.9 Å². The standard InChI is InChI=1S/C33H34ClF2N11O2/c1-45(31(48)27-18-39-10-11-40-27)12-9-33(35,36)25-13-21(15-37)14-26(28(25)34)42-32-43-30(29-41-17-23(16-38)47(29)44-32)46(22-5-6-22)19-20-3-7-24(49-2)8-4-20/h3-4,7-8,13-14,17,22,27,39-40H,5-6,9-12,18-19H2,1-2H3,(H,42,44). The highest BCUT2D eigenvalue weighted by Gasteiger charge is 2.37. The van der Waals surface area contributed by atoms with Gasteiger partial charge in [0.15, 0.2) is 17.2 Å². The molecule has 0 radical (unpaired) electrons. The van der Waals surface area contributed by atoms with Gasteiger partial charge >= 0.3 is 0 Å². The molecule has 0 bridgehead atoms. The summed E-state index contributed by atoms with van der Waals surface area (Å²) in [6, 6.07) is 13.7. The fourth-order valence-electron chi connectivity index (χ4n) is 5.69. The minimum Gasteiger partial charge on any atom is -0.497 e. The summed E-state index contributed by atoms with van der Waals surface area (Å²) in [6.07, 6.45) is 2.51. The van der Waals surface area contributed by atoms with E-state index in [9.17, 15) is 15.3 Å². The summed E-state index contributed by atoms with van der Waals surface area (Å²) in [6.45, 7) is 1.96. The zero-order valence-corrected chi connectivity index (χ0v) is 27.6. The maximum atomic E-state index is 15.8. The van der Waals surface area contributed by atoms with E-state index in [1.54, 1.807) is 7.11 Å². The molecular weight excluding hydrogens is 656 g/mol. The fraction of sp³-hybridized carbons (Fsp3) is 0.394. The van der Waals surface area contributed by atoms with Crippen molar-refractivity contribution in [3.63, 3.8) is 0 Å². The van der Waals surface area contributed by atoms with Gasteiger partial charge in [-0.3, -0.25) is 4.79 Å². The van der Waals surface area contributed by atoms with Gasteiger partial charge in [-0.05, 0) is 42.7 Å². The quantitative estimate of drug-likeness (QED) is 0.198. The summed E-state index contributed by atoms with van der Waals surface area (Å²) in [7, 11) is 3.08. The van der Waals surface area contributed by atoms with Crippen molar-refractivity contribution >= 4 is 40.6 Å². The molecule has 2 aromatic carbocycles. The highest BCUT2D eigenvalue weighted by atomic mass is 35.5. The van der Waals surface area contributed by atoms with Crippen molar-refractivity contribution in [3.8, 4) is 17.9 Å². The molecule has 1 unspecified atom stereocenters. The Labute approximate surface area is 286 Å². The Kier molecular flexibility index (Phi) is 9.78. The van der Waals surface area contributed by atoms with E-state index in [4.69, 9.17) is 21.3 Å². The third-order valence-corrected chi connectivity index (χ3v) is 8.96. The summed E-state index contributed by atoms with van der Waals surface area (Å²) in [4.78, 5) is 25.3. The molecule has 3 N–H and O–H groups in total. The smallest absolute Gasteiger partial charge is 0.276 e. The molecule has 13 nitrogen and oxygen atoms in total. The number of hydrogen-bond acceptors (Lipinski definition) is 11. The van der Waals surface area contributed by atoms with Crippen LogP contribution in [0.4, 0.5) is 26.2 Å². The molecule has 1 aliphatic carbocycles. The number of rotatable bonds is 12. The Bertz CT molecular complexity index is 1930. The Morgan fingerprint density at radius 2 is 1.98 bits per heavy atom. The maximum absolute atomic E-state index is 15.8. The van der Waals surface area contributed by atoms with Crippen molar-refractivity contribution in [1.29, 1.82) is 10.5 Å². The van der Waals surface area contributed by atoms with Gasteiger partial charge in [-0.1, -0.05) is 23.7 Å². The second-order valence-corrected chi connectivity index (χ2v) is 12.4. The predicted molar refractivity (Wildman–Crippen MR) is 178 cm³/mol. The van der Waals surface area contributed by atoms with Gasteiger partial charge in [-0.15, -0.1) is 5.10 Å². The van der Waals surface area contributed by atoms with E-state index in [0.29, 0.717) is 31.1 Å². The van der Waals surface area contributed by atoms with E-state index in [2.05, 4.69) is 37.0 Å². The van der Waals surface area contributed by atoms with Crippen molar-refractivity contribution in [1.82, 2.24) is 35.1 Å². The largest absolute Gasteiger partial charge is 0.497 e. The second kappa shape index (κ2) is 14.2. The molecule has 1 saturated heterocycles. The summed E-state index contributed by atoms with van der Waals surface area (Å²) < 4.78 is 38.3. The molecule has 4 aromatic rings. The molecule has 254 valence electrons. The summed E-state index contributed by atoms with van der Waals surface area (Å²) in [5.74, 6) is -2.68. The van der Waals surface area contributed by atoms with Crippen LogP contribution < -0.4 is 25.6 Å². The molecule has 49 heavy (non-hydrogen) atoms. The first-order chi connectivity index (χ1) is 23.6. The van der Waals surface area contributed by atoms with Gasteiger partial charge in [0, 0.05) is 57.8 Å². The summed E-state index contributed by atoms with van der Waals surface area (Å²) in [5, 5.41) is 32.8. The van der Waals surface area contributed by atoms with Crippen LogP contribution in [0.3, 0.4) is 0 Å². The molecular formula is C33H34ClF2N11O2. The average molecular weight is 690 g/mol. The van der Waals surface area contributed by atoms with Gasteiger partial charge in [-0.2, -0.15) is 20.0 Å². The number of nitrogens with zero attached hydrogens (tertiary/aromatic N) is 8. The van der Waals surface area contributed by atoms with Crippen LogP contribution in [0.15, 0.2) is 42.6 Å². The van der Waals surface area contributed by atoms with Crippen LogP contribution in [0.2, 0.25) is 5.02 Å². The Morgan fingerprint density at radius 3 is 2.63 bits per heavy atom. The van der Waals surface area contributed by atoms with Crippen LogP contribution in [0, 0.1) is 22.7 Å². The van der Waals surface area contributed by atoms with E-state index in [0.717, 1.165) is 36.8 Å². The first-order valence-corrected chi connectivity index (χ1v) is 16.1. The minimum absolute atomic E-state index is 0.0191. The third kappa shape index (κ3) is 7.34. The number of halogens is 3. The van der Waals surface area contributed by atoms with Crippen molar-refractivity contribution in [2.45, 2.75) is 43.8 Å². The lowest BCUT2D eigenvalue weighted by atomic mass is 10.0. The van der Waals surface area contributed by atoms with E-state index >= 15 is 8.78 Å². The number of imidazole rings is 1. The number of benzene rings is 2. The monoisotopic (exact) mass is 689 g/mol. The fourth-order valence-corrected chi connectivity index (χ4v) is 5.99. The van der Waals surface area contributed by atoms with E-state index in [1.807, 2.05) is 30.3 Å². The first-order valence-electron chi connectivity index (χ1n) is 15.8. The molecule has 6 rings (SSSR count). The number of alkyl halides is 2. The average Bonchev–Trinajstić information content (AvgIpc) is 3.88. The topological polar surface area (TPSA) is 160 Å². The Morgan fingerprint density at radius 1 is 1.20 bits per heavy atom. The van der Waals surface area contributed by atoms with Crippen LogP contribution in [0.1, 0.15) is 41.6 Å². The van der Waals surface area contributed by atoms with Crippen molar-refractivity contribution < 1.29 is 18.3 Å². The predicted octanol–water partition coefficient (Wildman–Crippen LogP) is 3.94. The second-order valence-electron chi connectivity index (χ2n) is 12.0. The van der Waals surface area contributed by atoms with Crippen LogP contribution in [-0.2, 0) is 17.3 Å². The van der Waals surface area contributed by atoms with E-state index in [1.165, 1.54) is 28.7 Å². The Balaban J connectivity index is 1.31.